The van der Waals surface area contributed by atoms with E-state index in [9.17, 15) is 5.11 Å². The average Bonchev–Trinajstić information content (AvgIpc) is 2.81. The molecule has 3 rings (SSSR count). The summed E-state index contributed by atoms with van der Waals surface area (Å²) < 4.78 is 0. The van der Waals surface area contributed by atoms with Gasteiger partial charge in [0.1, 0.15) is 5.75 Å². The number of phenolic OH excluding ortho intramolecular Hbond substituents is 1. The number of benzene rings is 1. The van der Waals surface area contributed by atoms with Crippen LogP contribution in [0.3, 0.4) is 0 Å². The van der Waals surface area contributed by atoms with Gasteiger partial charge in [0.15, 0.2) is 5.82 Å². The van der Waals surface area contributed by atoms with Crippen molar-refractivity contribution in [1.29, 1.82) is 0 Å². The maximum atomic E-state index is 9.42. The lowest BCUT2D eigenvalue weighted by atomic mass is 10.0. The molecule has 1 aromatic carbocycles. The fourth-order valence-corrected chi connectivity index (χ4v) is 2.85. The molecule has 2 aromatic rings. The van der Waals surface area contributed by atoms with Crippen molar-refractivity contribution < 1.29 is 5.11 Å². The van der Waals surface area contributed by atoms with Gasteiger partial charge in [-0.1, -0.05) is 35.3 Å². The van der Waals surface area contributed by atoms with Gasteiger partial charge in [0, 0.05) is 18.3 Å². The summed E-state index contributed by atoms with van der Waals surface area (Å²) in [7, 11) is 0. The van der Waals surface area contributed by atoms with E-state index in [0.29, 0.717) is 15.9 Å². The van der Waals surface area contributed by atoms with E-state index in [0.717, 1.165) is 17.7 Å². The van der Waals surface area contributed by atoms with Crippen LogP contribution in [0.15, 0.2) is 41.6 Å². The number of aromatic nitrogens is 1. The number of hydrogen-bond acceptors (Lipinski definition) is 4. The maximum Gasteiger partial charge on any atom is 0.168 e. The van der Waals surface area contributed by atoms with E-state index in [1.807, 2.05) is 19.1 Å². The van der Waals surface area contributed by atoms with E-state index in [-0.39, 0.29) is 11.8 Å². The quantitative estimate of drug-likeness (QED) is 0.890. The highest BCUT2D eigenvalue weighted by Crippen LogP contribution is 2.38. The van der Waals surface area contributed by atoms with Gasteiger partial charge in [-0.15, -0.1) is 0 Å². The fourth-order valence-electron chi connectivity index (χ4n) is 2.39. The third-order valence-electron chi connectivity index (χ3n) is 3.35. The zero-order valence-electron chi connectivity index (χ0n) is 11.3. The summed E-state index contributed by atoms with van der Waals surface area (Å²) in [6, 6.07) is 8.76. The van der Waals surface area contributed by atoms with Crippen LogP contribution in [0.4, 0.5) is 5.82 Å². The minimum atomic E-state index is 0.0109. The molecule has 1 atom stereocenters. The summed E-state index contributed by atoms with van der Waals surface area (Å²) >= 11 is 12.1. The van der Waals surface area contributed by atoms with Gasteiger partial charge >= 0.3 is 0 Å². The summed E-state index contributed by atoms with van der Waals surface area (Å²) in [5, 5.41) is 16.7. The predicted molar refractivity (Wildman–Crippen MR) is 85.3 cm³/mol. The molecule has 0 saturated heterocycles. The van der Waals surface area contributed by atoms with Crippen LogP contribution in [0.2, 0.25) is 10.0 Å². The molecule has 1 unspecified atom stereocenters. The lowest BCUT2D eigenvalue weighted by molar-refractivity contribution is 0.475. The number of anilines is 1. The second-order valence-electron chi connectivity index (χ2n) is 4.95. The van der Waals surface area contributed by atoms with E-state index in [1.165, 1.54) is 0 Å². The van der Waals surface area contributed by atoms with Crippen LogP contribution in [0.1, 0.15) is 24.9 Å². The van der Waals surface area contributed by atoms with Gasteiger partial charge in [-0.2, -0.15) is 5.10 Å². The highest BCUT2D eigenvalue weighted by atomic mass is 35.5. The normalized spacial score (nSPS) is 18.0. The molecule has 0 fully saturated rings. The Morgan fingerprint density at radius 3 is 2.62 bits per heavy atom. The molecule has 0 radical (unpaired) electrons. The predicted octanol–water partition coefficient (Wildman–Crippen LogP) is 4.42. The highest BCUT2D eigenvalue weighted by Gasteiger charge is 2.29. The van der Waals surface area contributed by atoms with E-state index in [2.05, 4.69) is 10.1 Å². The monoisotopic (exact) mass is 321 g/mol. The highest BCUT2D eigenvalue weighted by molar-refractivity contribution is 6.36. The third-order valence-corrected chi connectivity index (χ3v) is 3.83. The zero-order chi connectivity index (χ0) is 15.0. The van der Waals surface area contributed by atoms with Crippen molar-refractivity contribution in [3.8, 4) is 5.75 Å². The summed E-state index contributed by atoms with van der Waals surface area (Å²) in [6.07, 6.45) is 2.34. The summed E-state index contributed by atoms with van der Waals surface area (Å²) in [5.41, 5.74) is 2.04. The first kappa shape index (κ1) is 14.2. The Kier molecular flexibility index (Phi) is 3.74. The van der Waals surface area contributed by atoms with Crippen LogP contribution in [-0.2, 0) is 0 Å². The summed E-state index contributed by atoms with van der Waals surface area (Å²) in [6.45, 7) is 1.97. The van der Waals surface area contributed by atoms with Gasteiger partial charge < -0.3 is 5.11 Å². The van der Waals surface area contributed by atoms with Crippen LogP contribution in [-0.4, -0.2) is 15.8 Å². The minimum absolute atomic E-state index is 0.0109. The number of pyridine rings is 1. The minimum Gasteiger partial charge on any atom is -0.508 e. The molecule has 6 heteroatoms. The van der Waals surface area contributed by atoms with Crippen LogP contribution >= 0.6 is 23.2 Å². The molecular weight excluding hydrogens is 309 g/mol. The second-order valence-corrected chi connectivity index (χ2v) is 5.79. The SMILES string of the molecule is CC1=NN(c2ncc(Cl)cc2Cl)C(c2ccc(O)cc2)C1. The molecule has 21 heavy (non-hydrogen) atoms. The van der Waals surface area contributed by atoms with E-state index >= 15 is 0 Å². The topological polar surface area (TPSA) is 48.7 Å². The number of aromatic hydroxyl groups is 1. The second kappa shape index (κ2) is 5.54. The van der Waals surface area contributed by atoms with Gasteiger partial charge in [0.05, 0.1) is 16.1 Å². The number of rotatable bonds is 2. The molecular formula is C15H13Cl2N3O. The Labute approximate surface area is 132 Å². The van der Waals surface area contributed by atoms with E-state index < -0.39 is 0 Å². The van der Waals surface area contributed by atoms with Gasteiger partial charge in [0.25, 0.3) is 0 Å². The first-order chi connectivity index (χ1) is 10.0. The molecule has 0 bridgehead atoms. The lowest BCUT2D eigenvalue weighted by Gasteiger charge is -2.23. The molecule has 1 aromatic heterocycles. The number of hydrogen-bond donors (Lipinski definition) is 1. The van der Waals surface area contributed by atoms with Crippen molar-refractivity contribution in [2.24, 2.45) is 5.10 Å². The molecule has 1 aliphatic heterocycles. The molecule has 1 aliphatic rings. The molecule has 1 N–H and O–H groups in total. The third kappa shape index (κ3) is 2.82. The number of hydrazone groups is 1. The van der Waals surface area contributed by atoms with E-state index in [1.54, 1.807) is 29.4 Å². The van der Waals surface area contributed by atoms with Gasteiger partial charge in [-0.25, -0.2) is 9.99 Å². The standard InChI is InChI=1S/C15H13Cl2N3O/c1-9-6-14(10-2-4-12(21)5-3-10)20(19-9)15-13(17)7-11(16)8-18-15/h2-5,7-8,14,21H,6H2,1H3. The first-order valence-electron chi connectivity index (χ1n) is 6.48. The maximum absolute atomic E-state index is 9.42. The van der Waals surface area contributed by atoms with Crippen molar-refractivity contribution in [1.82, 2.24) is 4.98 Å². The molecule has 4 nitrogen and oxygen atoms in total. The summed E-state index contributed by atoms with van der Waals surface area (Å²) in [5.74, 6) is 0.819. The van der Waals surface area contributed by atoms with Crippen molar-refractivity contribution >= 4 is 34.7 Å². The summed E-state index contributed by atoms with van der Waals surface area (Å²) in [4.78, 5) is 4.29. The van der Waals surface area contributed by atoms with Crippen molar-refractivity contribution in [3.05, 3.63) is 52.1 Å². The number of phenols is 1. The van der Waals surface area contributed by atoms with Crippen molar-refractivity contribution in [3.63, 3.8) is 0 Å². The Balaban J connectivity index is 2.00. The van der Waals surface area contributed by atoms with Crippen molar-refractivity contribution in [2.75, 3.05) is 5.01 Å². The van der Waals surface area contributed by atoms with E-state index in [4.69, 9.17) is 23.2 Å². The first-order valence-corrected chi connectivity index (χ1v) is 7.23. The molecule has 108 valence electrons. The largest absolute Gasteiger partial charge is 0.508 e. The van der Waals surface area contributed by atoms with Gasteiger partial charge in [-0.05, 0) is 30.7 Å². The van der Waals surface area contributed by atoms with Gasteiger partial charge in [-0.3, -0.25) is 0 Å². The van der Waals surface area contributed by atoms with Crippen LogP contribution < -0.4 is 5.01 Å². The Bertz CT molecular complexity index is 701. The van der Waals surface area contributed by atoms with Gasteiger partial charge in [0.2, 0.25) is 0 Å². The molecule has 0 spiro atoms. The Hall–Kier alpha value is -1.78. The molecule has 0 amide bonds. The zero-order valence-corrected chi connectivity index (χ0v) is 12.8. The molecule has 0 saturated carbocycles. The fraction of sp³-hybridized carbons (Fsp3) is 0.200. The smallest absolute Gasteiger partial charge is 0.168 e. The van der Waals surface area contributed by atoms with Crippen LogP contribution in [0.5, 0.6) is 5.75 Å². The van der Waals surface area contributed by atoms with Crippen LogP contribution in [0, 0.1) is 0 Å². The number of halogens is 2. The number of nitrogens with zero attached hydrogens (tertiary/aromatic N) is 3. The molecule has 0 aliphatic carbocycles. The van der Waals surface area contributed by atoms with Crippen molar-refractivity contribution in [2.45, 2.75) is 19.4 Å². The lowest BCUT2D eigenvalue weighted by Crippen LogP contribution is -2.19. The average molecular weight is 322 g/mol. The van der Waals surface area contributed by atoms with Crippen LogP contribution in [0.25, 0.3) is 0 Å². The molecule has 2 heterocycles. The Morgan fingerprint density at radius 2 is 1.95 bits per heavy atom. The Morgan fingerprint density at radius 1 is 1.24 bits per heavy atom.